The van der Waals surface area contributed by atoms with Gasteiger partial charge in [-0.1, -0.05) is 0 Å². The maximum Gasteiger partial charge on any atom is 0.261 e. The molecule has 0 fully saturated rings. The van der Waals surface area contributed by atoms with Gasteiger partial charge in [0, 0.05) is 26.5 Å². The van der Waals surface area contributed by atoms with Gasteiger partial charge < -0.3 is 0 Å². The normalized spacial score (nSPS) is 12.3. The Morgan fingerprint density at radius 2 is 1.36 bits per heavy atom. The molecular formula is C13H15N3O4S2. The van der Waals surface area contributed by atoms with Gasteiger partial charge in [0.2, 0.25) is 10.0 Å². The minimum Gasteiger partial charge on any atom is -0.280 e. The first kappa shape index (κ1) is 16.4. The van der Waals surface area contributed by atoms with E-state index in [1.807, 2.05) is 0 Å². The van der Waals surface area contributed by atoms with Gasteiger partial charge in [0.1, 0.15) is 0 Å². The van der Waals surface area contributed by atoms with Crippen LogP contribution in [0.3, 0.4) is 0 Å². The molecule has 0 bridgehead atoms. The van der Waals surface area contributed by atoms with Crippen LogP contribution in [-0.2, 0) is 20.0 Å². The molecular weight excluding hydrogens is 326 g/mol. The molecule has 7 nitrogen and oxygen atoms in total. The summed E-state index contributed by atoms with van der Waals surface area (Å²) in [7, 11) is -4.55. The first-order chi connectivity index (χ1) is 10.2. The van der Waals surface area contributed by atoms with Crippen molar-refractivity contribution in [3.05, 3.63) is 48.8 Å². The number of nitrogens with zero attached hydrogens (tertiary/aromatic N) is 2. The summed E-state index contributed by atoms with van der Waals surface area (Å²) in [5.41, 5.74) is 0.375. The molecule has 0 aliphatic heterocycles. The molecule has 0 amide bonds. The average Bonchev–Trinajstić information content (AvgIpc) is 2.48. The van der Waals surface area contributed by atoms with Gasteiger partial charge in [0.15, 0.2) is 0 Å². The summed E-state index contributed by atoms with van der Waals surface area (Å²) in [4.78, 5) is 3.80. The third kappa shape index (κ3) is 3.43. The standard InChI is InChI=1S/C13H15N3O4S2/c1-16(2)22(19,20)13-5-3-12(4-6-13)21(17,18)15-11-7-9-14-10-8-11/h3-10H,1-2H3,(H,14,15). The molecule has 0 aliphatic rings. The summed E-state index contributed by atoms with van der Waals surface area (Å²) >= 11 is 0. The predicted molar refractivity (Wildman–Crippen MR) is 82.4 cm³/mol. The zero-order valence-corrected chi connectivity index (χ0v) is 13.6. The number of sulfonamides is 2. The second-order valence-electron chi connectivity index (χ2n) is 4.60. The largest absolute Gasteiger partial charge is 0.280 e. The Morgan fingerprint density at radius 3 is 1.86 bits per heavy atom. The second kappa shape index (κ2) is 6.03. The maximum atomic E-state index is 12.2. The Bertz CT molecular complexity index is 846. The number of rotatable bonds is 5. The number of anilines is 1. The highest BCUT2D eigenvalue weighted by atomic mass is 32.2. The molecule has 0 aliphatic carbocycles. The summed E-state index contributed by atoms with van der Waals surface area (Å²) in [5.74, 6) is 0. The van der Waals surface area contributed by atoms with E-state index in [1.165, 1.54) is 62.9 Å². The molecule has 0 atom stereocenters. The van der Waals surface area contributed by atoms with Crippen molar-refractivity contribution in [2.24, 2.45) is 0 Å². The number of pyridine rings is 1. The molecule has 2 aromatic rings. The van der Waals surface area contributed by atoms with Crippen molar-refractivity contribution in [3.63, 3.8) is 0 Å². The Kier molecular flexibility index (Phi) is 4.50. The lowest BCUT2D eigenvalue weighted by Crippen LogP contribution is -2.22. The highest BCUT2D eigenvalue weighted by Gasteiger charge is 2.19. The molecule has 0 saturated heterocycles. The summed E-state index contributed by atoms with van der Waals surface area (Å²) in [6.45, 7) is 0. The number of benzene rings is 1. The summed E-state index contributed by atoms with van der Waals surface area (Å²) < 4.78 is 51.7. The minimum absolute atomic E-state index is 0.0259. The molecule has 1 heterocycles. The van der Waals surface area contributed by atoms with Gasteiger partial charge in [-0.2, -0.15) is 0 Å². The SMILES string of the molecule is CN(C)S(=O)(=O)c1ccc(S(=O)(=O)Nc2ccncc2)cc1. The maximum absolute atomic E-state index is 12.2. The van der Waals surface area contributed by atoms with Crippen molar-refractivity contribution >= 4 is 25.7 Å². The molecule has 22 heavy (non-hydrogen) atoms. The Hall–Kier alpha value is -1.97. The van der Waals surface area contributed by atoms with E-state index in [0.29, 0.717) is 5.69 Å². The molecule has 1 aromatic heterocycles. The van der Waals surface area contributed by atoms with Crippen LogP contribution in [0.15, 0.2) is 58.6 Å². The van der Waals surface area contributed by atoms with Crippen LogP contribution in [0.2, 0.25) is 0 Å². The average molecular weight is 341 g/mol. The van der Waals surface area contributed by atoms with Crippen molar-refractivity contribution in [1.29, 1.82) is 0 Å². The van der Waals surface area contributed by atoms with Crippen molar-refractivity contribution in [2.75, 3.05) is 18.8 Å². The molecule has 1 aromatic carbocycles. The van der Waals surface area contributed by atoms with Crippen LogP contribution < -0.4 is 4.72 Å². The zero-order valence-electron chi connectivity index (χ0n) is 12.0. The van der Waals surface area contributed by atoms with E-state index < -0.39 is 20.0 Å². The predicted octanol–water partition coefficient (Wildman–Crippen LogP) is 1.13. The van der Waals surface area contributed by atoms with Gasteiger partial charge >= 0.3 is 0 Å². The van der Waals surface area contributed by atoms with Crippen LogP contribution >= 0.6 is 0 Å². The lowest BCUT2D eigenvalue weighted by atomic mass is 10.4. The highest BCUT2D eigenvalue weighted by molar-refractivity contribution is 7.92. The lowest BCUT2D eigenvalue weighted by molar-refractivity contribution is 0.520. The van der Waals surface area contributed by atoms with E-state index in [0.717, 1.165) is 4.31 Å². The number of hydrogen-bond donors (Lipinski definition) is 1. The van der Waals surface area contributed by atoms with E-state index in [9.17, 15) is 16.8 Å². The van der Waals surface area contributed by atoms with Gasteiger partial charge in [-0.25, -0.2) is 21.1 Å². The van der Waals surface area contributed by atoms with Crippen LogP contribution in [0.25, 0.3) is 0 Å². The molecule has 0 radical (unpaired) electrons. The first-order valence-electron chi connectivity index (χ1n) is 6.19. The van der Waals surface area contributed by atoms with Crippen LogP contribution in [0.4, 0.5) is 5.69 Å². The lowest BCUT2D eigenvalue weighted by Gasteiger charge is -2.12. The van der Waals surface area contributed by atoms with Crippen molar-refractivity contribution in [1.82, 2.24) is 9.29 Å². The molecule has 0 spiro atoms. The minimum atomic E-state index is -3.78. The third-order valence-electron chi connectivity index (χ3n) is 2.85. The number of nitrogens with one attached hydrogen (secondary N) is 1. The fourth-order valence-electron chi connectivity index (χ4n) is 1.64. The topological polar surface area (TPSA) is 96.4 Å². The smallest absolute Gasteiger partial charge is 0.261 e. The van der Waals surface area contributed by atoms with Gasteiger partial charge in [0.25, 0.3) is 10.0 Å². The van der Waals surface area contributed by atoms with Crippen LogP contribution in [0.5, 0.6) is 0 Å². The van der Waals surface area contributed by atoms with E-state index in [-0.39, 0.29) is 9.79 Å². The summed E-state index contributed by atoms with van der Waals surface area (Å²) in [6, 6.07) is 8.05. The summed E-state index contributed by atoms with van der Waals surface area (Å²) in [5, 5.41) is 0. The third-order valence-corrected chi connectivity index (χ3v) is 6.07. The molecule has 0 unspecified atom stereocenters. The monoisotopic (exact) mass is 341 g/mol. The molecule has 118 valence electrons. The Labute approximate surface area is 129 Å². The van der Waals surface area contributed by atoms with E-state index >= 15 is 0 Å². The molecule has 1 N–H and O–H groups in total. The zero-order chi connectivity index (χ0) is 16.4. The van der Waals surface area contributed by atoms with Crippen LogP contribution in [-0.4, -0.2) is 40.2 Å². The van der Waals surface area contributed by atoms with Crippen molar-refractivity contribution in [2.45, 2.75) is 9.79 Å². The number of aromatic nitrogens is 1. The fraction of sp³-hybridized carbons (Fsp3) is 0.154. The molecule has 2 rings (SSSR count). The van der Waals surface area contributed by atoms with Gasteiger partial charge in [0.05, 0.1) is 15.5 Å². The van der Waals surface area contributed by atoms with Crippen molar-refractivity contribution < 1.29 is 16.8 Å². The quantitative estimate of drug-likeness (QED) is 0.879. The van der Waals surface area contributed by atoms with Gasteiger partial charge in [-0.3, -0.25) is 9.71 Å². The van der Waals surface area contributed by atoms with E-state index in [1.54, 1.807) is 0 Å². The van der Waals surface area contributed by atoms with E-state index in [4.69, 9.17) is 0 Å². The number of hydrogen-bond acceptors (Lipinski definition) is 5. The van der Waals surface area contributed by atoms with Gasteiger partial charge in [-0.05, 0) is 36.4 Å². The van der Waals surface area contributed by atoms with Crippen LogP contribution in [0.1, 0.15) is 0 Å². The van der Waals surface area contributed by atoms with Crippen LogP contribution in [0, 0.1) is 0 Å². The fourth-order valence-corrected chi connectivity index (χ4v) is 3.60. The molecule has 0 saturated carbocycles. The highest BCUT2D eigenvalue weighted by Crippen LogP contribution is 2.19. The Balaban J connectivity index is 2.31. The summed E-state index contributed by atoms with van der Waals surface area (Å²) in [6.07, 6.45) is 2.93. The van der Waals surface area contributed by atoms with Crippen molar-refractivity contribution in [3.8, 4) is 0 Å². The molecule has 9 heteroatoms. The second-order valence-corrected chi connectivity index (χ2v) is 8.43. The van der Waals surface area contributed by atoms with E-state index in [2.05, 4.69) is 9.71 Å². The first-order valence-corrected chi connectivity index (χ1v) is 9.11. The Morgan fingerprint density at radius 1 is 0.864 bits per heavy atom. The van der Waals surface area contributed by atoms with Gasteiger partial charge in [-0.15, -0.1) is 0 Å².